The van der Waals surface area contributed by atoms with E-state index >= 15 is 0 Å². The van der Waals surface area contributed by atoms with Crippen molar-refractivity contribution in [3.8, 4) is 0 Å². The van der Waals surface area contributed by atoms with Gasteiger partial charge in [0, 0.05) is 5.41 Å². The van der Waals surface area contributed by atoms with Crippen LogP contribution in [-0.4, -0.2) is 50.1 Å². The van der Waals surface area contributed by atoms with Crippen LogP contribution in [0.5, 0.6) is 0 Å². The lowest BCUT2D eigenvalue weighted by Gasteiger charge is -2.70. The molecule has 4 saturated carbocycles. The molecule has 4 N–H and O–H groups in total. The number of hydrogen-bond acceptors (Lipinski definition) is 5. The first kappa shape index (κ1) is 27.1. The fourth-order valence-corrected chi connectivity index (χ4v) is 11.1. The average Bonchev–Trinajstić information content (AvgIpc) is 3.08. The first-order valence-electron chi connectivity index (χ1n) is 14.6. The summed E-state index contributed by atoms with van der Waals surface area (Å²) >= 11 is 0. The van der Waals surface area contributed by atoms with Gasteiger partial charge in [0.25, 0.3) is 0 Å². The number of ether oxygens (including phenoxy) is 1. The molecule has 206 valence electrons. The number of aliphatic hydroxyl groups is 4. The molecule has 5 aliphatic rings. The Bertz CT molecular complexity index is 926. The minimum atomic E-state index is -1.76. The van der Waals surface area contributed by atoms with Crippen LogP contribution in [0.3, 0.4) is 0 Å². The van der Waals surface area contributed by atoms with Crippen LogP contribution < -0.4 is 0 Å². The van der Waals surface area contributed by atoms with Crippen molar-refractivity contribution < 1.29 is 25.2 Å². The molecular weight excluding hydrogens is 452 g/mol. The molecule has 12 unspecified atom stereocenters. The van der Waals surface area contributed by atoms with E-state index in [0.29, 0.717) is 18.3 Å². The Morgan fingerprint density at radius 1 is 0.917 bits per heavy atom. The second-order valence-electron chi connectivity index (χ2n) is 15.4. The fraction of sp³-hybridized carbons (Fsp3) is 0.935. The Labute approximate surface area is 218 Å². The van der Waals surface area contributed by atoms with Gasteiger partial charge in [0.2, 0.25) is 0 Å². The summed E-state index contributed by atoms with van der Waals surface area (Å²) in [6.07, 6.45) is 4.23. The largest absolute Gasteiger partial charge is 0.393 e. The monoisotopic (exact) mass is 504 g/mol. The van der Waals surface area contributed by atoms with E-state index in [2.05, 4.69) is 55.0 Å². The summed E-state index contributed by atoms with van der Waals surface area (Å²) in [5, 5.41) is 47.0. The molecule has 1 saturated heterocycles. The molecule has 0 radical (unpaired) electrons. The zero-order valence-electron chi connectivity index (χ0n) is 24.0. The third-order valence-electron chi connectivity index (χ3n) is 13.5. The SMILES string of the molecule is C=C(CC1OC2(O)C(C3CCC4C5(C)CCC(O)C(C)(C)C5CCC4(C)C3(C)C2O)C1(C)O)C(C)C. The summed E-state index contributed by atoms with van der Waals surface area (Å²) in [6, 6.07) is 0. The molecule has 36 heavy (non-hydrogen) atoms. The first-order chi connectivity index (χ1) is 16.4. The van der Waals surface area contributed by atoms with Crippen LogP contribution in [0.15, 0.2) is 12.2 Å². The number of hydrogen-bond donors (Lipinski definition) is 4. The van der Waals surface area contributed by atoms with Crippen LogP contribution in [0, 0.1) is 51.2 Å². The Hall–Kier alpha value is -0.460. The summed E-state index contributed by atoms with van der Waals surface area (Å²) in [5.41, 5.74) is -1.09. The highest BCUT2D eigenvalue weighted by atomic mass is 16.7. The molecule has 0 aromatic carbocycles. The number of fused-ring (bicyclic) bond motifs is 7. The van der Waals surface area contributed by atoms with Crippen LogP contribution in [-0.2, 0) is 4.74 Å². The van der Waals surface area contributed by atoms with Crippen molar-refractivity contribution in [2.45, 2.75) is 130 Å². The molecular formula is C31H52O5. The molecule has 5 heteroatoms. The Balaban J connectivity index is 1.53. The van der Waals surface area contributed by atoms with Crippen LogP contribution >= 0.6 is 0 Å². The molecule has 5 fully saturated rings. The molecule has 0 aromatic heterocycles. The van der Waals surface area contributed by atoms with Crippen LogP contribution in [0.25, 0.3) is 0 Å². The van der Waals surface area contributed by atoms with Gasteiger partial charge in [-0.25, -0.2) is 0 Å². The summed E-state index contributed by atoms with van der Waals surface area (Å²) < 4.78 is 6.34. The quantitative estimate of drug-likeness (QED) is 0.404. The van der Waals surface area contributed by atoms with Crippen molar-refractivity contribution in [1.29, 1.82) is 0 Å². The lowest BCUT2D eigenvalue weighted by Crippen LogP contribution is -2.66. The van der Waals surface area contributed by atoms with E-state index in [1.54, 1.807) is 0 Å². The predicted octanol–water partition coefficient (Wildman–Crippen LogP) is 5.05. The van der Waals surface area contributed by atoms with Gasteiger partial charge in [0.15, 0.2) is 5.79 Å². The highest BCUT2D eigenvalue weighted by Gasteiger charge is 2.81. The summed E-state index contributed by atoms with van der Waals surface area (Å²) in [7, 11) is 0. The van der Waals surface area contributed by atoms with Gasteiger partial charge in [-0.15, -0.1) is 0 Å². The molecule has 12 atom stereocenters. The predicted molar refractivity (Wildman–Crippen MR) is 141 cm³/mol. The van der Waals surface area contributed by atoms with Crippen molar-refractivity contribution in [3.63, 3.8) is 0 Å². The maximum Gasteiger partial charge on any atom is 0.198 e. The Morgan fingerprint density at radius 2 is 1.56 bits per heavy atom. The van der Waals surface area contributed by atoms with Gasteiger partial charge in [-0.2, -0.15) is 0 Å². The lowest BCUT2D eigenvalue weighted by molar-refractivity contribution is -0.284. The zero-order chi connectivity index (χ0) is 26.9. The molecule has 0 bridgehead atoms. The van der Waals surface area contributed by atoms with Crippen molar-refractivity contribution in [1.82, 2.24) is 0 Å². The number of aliphatic hydroxyl groups excluding tert-OH is 2. The Morgan fingerprint density at radius 3 is 2.17 bits per heavy atom. The molecule has 4 aliphatic carbocycles. The van der Waals surface area contributed by atoms with Gasteiger partial charge >= 0.3 is 0 Å². The minimum absolute atomic E-state index is 0.0339. The van der Waals surface area contributed by atoms with Crippen LogP contribution in [0.2, 0.25) is 0 Å². The van der Waals surface area contributed by atoms with Gasteiger partial charge in [0.1, 0.15) is 6.10 Å². The van der Waals surface area contributed by atoms with E-state index in [4.69, 9.17) is 4.74 Å². The van der Waals surface area contributed by atoms with Crippen molar-refractivity contribution in [2.24, 2.45) is 51.2 Å². The van der Waals surface area contributed by atoms with E-state index in [1.807, 2.05) is 6.92 Å². The lowest BCUT2D eigenvalue weighted by atomic mass is 9.35. The minimum Gasteiger partial charge on any atom is -0.393 e. The van der Waals surface area contributed by atoms with E-state index in [0.717, 1.165) is 44.1 Å². The third-order valence-corrected chi connectivity index (χ3v) is 13.5. The summed E-state index contributed by atoms with van der Waals surface area (Å²) in [4.78, 5) is 0. The maximum atomic E-state index is 12.1. The normalized spacial score (nSPS) is 57.6. The molecule has 5 rings (SSSR count). The van der Waals surface area contributed by atoms with E-state index in [1.165, 1.54) is 0 Å². The smallest absolute Gasteiger partial charge is 0.198 e. The standard InChI is InChI=1S/C31H52O5/c1-17(2)18(3)16-23-30(9,34)24-19-10-11-21-27(6)14-13-22(32)26(4,5)20(27)12-15-28(21,7)29(19,8)25(33)31(24,35)36-23/h17,19-25,32-35H,3,10-16H2,1-2,4-9H3. The van der Waals surface area contributed by atoms with Gasteiger partial charge in [0.05, 0.1) is 23.7 Å². The highest BCUT2D eigenvalue weighted by Crippen LogP contribution is 2.78. The van der Waals surface area contributed by atoms with Gasteiger partial charge in [-0.3, -0.25) is 0 Å². The zero-order valence-corrected chi connectivity index (χ0v) is 24.0. The number of rotatable bonds is 3. The van der Waals surface area contributed by atoms with Crippen LogP contribution in [0.1, 0.15) is 100 Å². The fourth-order valence-electron chi connectivity index (χ4n) is 11.1. The van der Waals surface area contributed by atoms with Crippen molar-refractivity contribution >= 4 is 0 Å². The van der Waals surface area contributed by atoms with Gasteiger partial charge < -0.3 is 25.2 Å². The summed E-state index contributed by atoms with van der Waals surface area (Å²) in [6.45, 7) is 21.6. The summed E-state index contributed by atoms with van der Waals surface area (Å²) in [5.74, 6) is -1.26. The van der Waals surface area contributed by atoms with E-state index in [-0.39, 0.29) is 34.2 Å². The molecule has 0 amide bonds. The van der Waals surface area contributed by atoms with Crippen molar-refractivity contribution in [2.75, 3.05) is 0 Å². The first-order valence-corrected chi connectivity index (χ1v) is 14.6. The van der Waals surface area contributed by atoms with Gasteiger partial charge in [-0.05, 0) is 91.8 Å². The van der Waals surface area contributed by atoms with E-state index < -0.39 is 34.9 Å². The second-order valence-corrected chi connectivity index (χ2v) is 15.4. The second kappa shape index (κ2) is 7.81. The molecule has 0 spiro atoms. The molecule has 5 nitrogen and oxygen atoms in total. The highest BCUT2D eigenvalue weighted by molar-refractivity contribution is 5.27. The van der Waals surface area contributed by atoms with Gasteiger partial charge in [-0.1, -0.05) is 60.6 Å². The third kappa shape index (κ3) is 3.01. The van der Waals surface area contributed by atoms with Crippen LogP contribution in [0.4, 0.5) is 0 Å². The average molecular weight is 505 g/mol. The van der Waals surface area contributed by atoms with E-state index in [9.17, 15) is 20.4 Å². The topological polar surface area (TPSA) is 90.2 Å². The Kier molecular flexibility index (Phi) is 5.88. The molecule has 1 aliphatic heterocycles. The molecule has 1 heterocycles. The molecule has 0 aromatic rings. The van der Waals surface area contributed by atoms with Crippen molar-refractivity contribution in [3.05, 3.63) is 12.2 Å². The maximum absolute atomic E-state index is 12.1.